The van der Waals surface area contributed by atoms with Gasteiger partial charge in [-0.25, -0.2) is 4.79 Å². The normalized spacial score (nSPS) is 29.6. The van der Waals surface area contributed by atoms with E-state index >= 15 is 0 Å². The van der Waals surface area contributed by atoms with Crippen LogP contribution in [0.5, 0.6) is 0 Å². The van der Waals surface area contributed by atoms with Crippen molar-refractivity contribution in [2.75, 3.05) is 26.2 Å². The lowest BCUT2D eigenvalue weighted by atomic mass is 9.96. The van der Waals surface area contributed by atoms with E-state index in [2.05, 4.69) is 5.32 Å². The number of hydrogen-bond acceptors (Lipinski definition) is 3. The van der Waals surface area contributed by atoms with Crippen LogP contribution in [0, 0.1) is 17.8 Å². The molecule has 2 rings (SSSR count). The SMILES string of the molecule is O=C(O)C1CCCC1CNC(=O)N1CCC(CCO)C1. The summed E-state index contributed by atoms with van der Waals surface area (Å²) >= 11 is 0. The quantitative estimate of drug-likeness (QED) is 0.699. The summed E-state index contributed by atoms with van der Waals surface area (Å²) in [5.41, 5.74) is 0. The second kappa shape index (κ2) is 6.92. The summed E-state index contributed by atoms with van der Waals surface area (Å²) in [5.74, 6) is -0.599. The first kappa shape index (κ1) is 15.1. The van der Waals surface area contributed by atoms with Crippen molar-refractivity contribution >= 4 is 12.0 Å². The van der Waals surface area contributed by atoms with E-state index in [9.17, 15) is 9.59 Å². The van der Waals surface area contributed by atoms with E-state index in [4.69, 9.17) is 10.2 Å². The van der Waals surface area contributed by atoms with Crippen molar-refractivity contribution in [3.63, 3.8) is 0 Å². The van der Waals surface area contributed by atoms with Crippen LogP contribution >= 0.6 is 0 Å². The lowest BCUT2D eigenvalue weighted by Gasteiger charge is -2.21. The molecule has 2 amide bonds. The second-order valence-electron chi connectivity index (χ2n) is 5.93. The molecule has 3 unspecified atom stereocenters. The zero-order chi connectivity index (χ0) is 14.5. The van der Waals surface area contributed by atoms with E-state index in [0.717, 1.165) is 38.6 Å². The Balaban J connectivity index is 1.74. The van der Waals surface area contributed by atoms with Gasteiger partial charge < -0.3 is 20.4 Å². The average molecular weight is 284 g/mol. The number of nitrogens with one attached hydrogen (secondary N) is 1. The Labute approximate surface area is 119 Å². The number of aliphatic carboxylic acids is 1. The summed E-state index contributed by atoms with van der Waals surface area (Å²) in [6.45, 7) is 2.04. The molecule has 1 heterocycles. The predicted octanol–water partition coefficient (Wildman–Crippen LogP) is 0.901. The number of hydrogen-bond donors (Lipinski definition) is 3. The van der Waals surface area contributed by atoms with Crippen molar-refractivity contribution in [2.24, 2.45) is 17.8 Å². The van der Waals surface area contributed by atoms with Gasteiger partial charge in [0.25, 0.3) is 0 Å². The molecular weight excluding hydrogens is 260 g/mol. The maximum Gasteiger partial charge on any atom is 0.317 e. The molecule has 1 aliphatic carbocycles. The first-order valence-corrected chi connectivity index (χ1v) is 7.48. The number of carbonyl (C=O) groups is 2. The number of carboxylic acid groups (broad SMARTS) is 1. The second-order valence-corrected chi connectivity index (χ2v) is 5.93. The molecule has 3 N–H and O–H groups in total. The highest BCUT2D eigenvalue weighted by atomic mass is 16.4. The smallest absolute Gasteiger partial charge is 0.317 e. The lowest BCUT2D eigenvalue weighted by molar-refractivity contribution is -0.142. The van der Waals surface area contributed by atoms with Gasteiger partial charge in [0.1, 0.15) is 0 Å². The molecule has 2 fully saturated rings. The van der Waals surface area contributed by atoms with Crippen LogP contribution < -0.4 is 5.32 Å². The Morgan fingerprint density at radius 2 is 2.05 bits per heavy atom. The van der Waals surface area contributed by atoms with Gasteiger partial charge in [0, 0.05) is 26.2 Å². The number of carboxylic acids is 1. The topological polar surface area (TPSA) is 89.9 Å². The van der Waals surface area contributed by atoms with Crippen molar-refractivity contribution in [3.05, 3.63) is 0 Å². The highest BCUT2D eigenvalue weighted by molar-refractivity contribution is 5.75. The zero-order valence-electron chi connectivity index (χ0n) is 11.8. The Kier molecular flexibility index (Phi) is 5.23. The largest absolute Gasteiger partial charge is 0.481 e. The molecule has 0 bridgehead atoms. The minimum absolute atomic E-state index is 0.0623. The molecule has 0 aromatic carbocycles. The van der Waals surface area contributed by atoms with Crippen LogP contribution in [-0.4, -0.2) is 53.4 Å². The van der Waals surface area contributed by atoms with E-state index in [1.165, 1.54) is 0 Å². The molecule has 0 spiro atoms. The Morgan fingerprint density at radius 1 is 1.25 bits per heavy atom. The molecule has 6 heteroatoms. The van der Waals surface area contributed by atoms with Gasteiger partial charge in [0.15, 0.2) is 0 Å². The third-order valence-corrected chi connectivity index (χ3v) is 4.60. The summed E-state index contributed by atoms with van der Waals surface area (Å²) in [5, 5.41) is 20.9. The van der Waals surface area contributed by atoms with Gasteiger partial charge in [-0.1, -0.05) is 6.42 Å². The minimum Gasteiger partial charge on any atom is -0.481 e. The summed E-state index contributed by atoms with van der Waals surface area (Å²) < 4.78 is 0. The highest BCUT2D eigenvalue weighted by Crippen LogP contribution is 2.31. The van der Waals surface area contributed by atoms with Gasteiger partial charge in [-0.3, -0.25) is 4.79 Å². The summed E-state index contributed by atoms with van der Waals surface area (Å²) in [4.78, 5) is 24.9. The lowest BCUT2D eigenvalue weighted by Crippen LogP contribution is -2.41. The fourth-order valence-corrected chi connectivity index (χ4v) is 3.37. The minimum atomic E-state index is -0.745. The zero-order valence-corrected chi connectivity index (χ0v) is 11.8. The Hall–Kier alpha value is -1.30. The molecule has 1 aliphatic heterocycles. The molecule has 114 valence electrons. The van der Waals surface area contributed by atoms with Crippen LogP contribution in [0.1, 0.15) is 32.1 Å². The van der Waals surface area contributed by atoms with E-state index in [-0.39, 0.29) is 24.5 Å². The van der Waals surface area contributed by atoms with Crippen molar-refractivity contribution in [1.82, 2.24) is 10.2 Å². The molecule has 0 aromatic heterocycles. The van der Waals surface area contributed by atoms with Crippen molar-refractivity contribution in [1.29, 1.82) is 0 Å². The molecule has 0 radical (unpaired) electrons. The molecule has 3 atom stereocenters. The highest BCUT2D eigenvalue weighted by Gasteiger charge is 2.33. The number of aliphatic hydroxyl groups is 1. The number of amides is 2. The third kappa shape index (κ3) is 3.62. The average Bonchev–Trinajstić information content (AvgIpc) is 3.04. The maximum atomic E-state index is 12.0. The van der Waals surface area contributed by atoms with E-state index < -0.39 is 5.97 Å². The van der Waals surface area contributed by atoms with Crippen LogP contribution in [0.3, 0.4) is 0 Å². The van der Waals surface area contributed by atoms with Gasteiger partial charge in [-0.2, -0.15) is 0 Å². The number of aliphatic hydroxyl groups excluding tert-OH is 1. The first-order chi connectivity index (χ1) is 9.61. The number of carbonyl (C=O) groups excluding carboxylic acids is 1. The third-order valence-electron chi connectivity index (χ3n) is 4.60. The standard InChI is InChI=1S/C14H24N2O4/c17-7-5-10-4-6-16(9-10)14(20)15-8-11-2-1-3-12(11)13(18)19/h10-12,17H,1-9H2,(H,15,20)(H,18,19). The van der Waals surface area contributed by atoms with Crippen LogP contribution in [0.2, 0.25) is 0 Å². The van der Waals surface area contributed by atoms with Crippen LogP contribution in [0.15, 0.2) is 0 Å². The fourth-order valence-electron chi connectivity index (χ4n) is 3.37. The predicted molar refractivity (Wildman–Crippen MR) is 73.2 cm³/mol. The van der Waals surface area contributed by atoms with Gasteiger partial charge >= 0.3 is 12.0 Å². The Morgan fingerprint density at radius 3 is 2.75 bits per heavy atom. The van der Waals surface area contributed by atoms with Crippen molar-refractivity contribution in [3.8, 4) is 0 Å². The van der Waals surface area contributed by atoms with E-state index in [1.54, 1.807) is 4.90 Å². The van der Waals surface area contributed by atoms with E-state index in [0.29, 0.717) is 19.0 Å². The Bertz CT molecular complexity index is 361. The summed E-state index contributed by atoms with van der Waals surface area (Å²) in [7, 11) is 0. The van der Waals surface area contributed by atoms with Gasteiger partial charge in [0.2, 0.25) is 0 Å². The monoisotopic (exact) mass is 284 g/mol. The maximum absolute atomic E-state index is 12.0. The number of likely N-dealkylation sites (tertiary alicyclic amines) is 1. The van der Waals surface area contributed by atoms with Gasteiger partial charge in [0.05, 0.1) is 5.92 Å². The number of urea groups is 1. The molecule has 20 heavy (non-hydrogen) atoms. The van der Waals surface area contributed by atoms with Crippen molar-refractivity contribution < 1.29 is 19.8 Å². The van der Waals surface area contributed by atoms with Crippen LogP contribution in [0.4, 0.5) is 4.79 Å². The number of rotatable bonds is 5. The molecule has 6 nitrogen and oxygen atoms in total. The molecule has 1 saturated heterocycles. The van der Waals surface area contributed by atoms with Crippen LogP contribution in [0.25, 0.3) is 0 Å². The number of nitrogens with zero attached hydrogens (tertiary/aromatic N) is 1. The first-order valence-electron chi connectivity index (χ1n) is 7.48. The summed E-state index contributed by atoms with van der Waals surface area (Å²) in [6.07, 6.45) is 4.21. The van der Waals surface area contributed by atoms with Crippen LogP contribution in [-0.2, 0) is 4.79 Å². The molecule has 2 aliphatic rings. The van der Waals surface area contributed by atoms with Gasteiger partial charge in [-0.15, -0.1) is 0 Å². The van der Waals surface area contributed by atoms with E-state index in [1.807, 2.05) is 0 Å². The molecule has 1 saturated carbocycles. The molecule has 0 aromatic rings. The van der Waals surface area contributed by atoms with Crippen molar-refractivity contribution in [2.45, 2.75) is 32.1 Å². The fraction of sp³-hybridized carbons (Fsp3) is 0.857. The summed E-state index contributed by atoms with van der Waals surface area (Å²) in [6, 6.07) is -0.0959. The molecular formula is C14H24N2O4. The van der Waals surface area contributed by atoms with Gasteiger partial charge in [-0.05, 0) is 37.5 Å².